The first-order chi connectivity index (χ1) is 13.5. The van der Waals surface area contributed by atoms with Gasteiger partial charge in [0.1, 0.15) is 11.5 Å². The van der Waals surface area contributed by atoms with Crippen LogP contribution >= 0.6 is 12.4 Å². The van der Waals surface area contributed by atoms with E-state index in [9.17, 15) is 4.79 Å². The fourth-order valence-corrected chi connectivity index (χ4v) is 5.01. The molecule has 1 aromatic carbocycles. The number of methoxy groups -OCH3 is 1. The van der Waals surface area contributed by atoms with Crippen molar-refractivity contribution >= 4 is 18.3 Å². The van der Waals surface area contributed by atoms with Gasteiger partial charge in [-0.15, -0.1) is 12.4 Å². The first kappa shape index (κ1) is 21.7. The van der Waals surface area contributed by atoms with E-state index in [0.29, 0.717) is 30.7 Å². The second kappa shape index (κ2) is 8.76. The van der Waals surface area contributed by atoms with Gasteiger partial charge in [-0.3, -0.25) is 9.69 Å². The Morgan fingerprint density at radius 2 is 1.93 bits per heavy atom. The summed E-state index contributed by atoms with van der Waals surface area (Å²) in [6, 6.07) is 8.72. The largest absolute Gasteiger partial charge is 0.497 e. The van der Waals surface area contributed by atoms with Crippen LogP contribution in [0.1, 0.15) is 35.0 Å². The number of hydrogen-bond donors (Lipinski definition) is 0. The number of ether oxygens (including phenoxy) is 1. The minimum atomic E-state index is 0. The molecule has 158 valence electrons. The number of benzene rings is 1. The van der Waals surface area contributed by atoms with Crippen LogP contribution in [0.3, 0.4) is 0 Å². The molecule has 2 aliphatic heterocycles. The van der Waals surface area contributed by atoms with Gasteiger partial charge in [0.2, 0.25) is 5.91 Å². The molecule has 3 atom stereocenters. The van der Waals surface area contributed by atoms with Crippen LogP contribution in [0, 0.1) is 25.7 Å². The Kier molecular flexibility index (Phi) is 6.54. The van der Waals surface area contributed by atoms with E-state index in [2.05, 4.69) is 34.1 Å². The standard InChI is InChI=1S/C22H29N3O3.ClH/c1-14-19(15(2)28-23-14)9-10-21(26)25-12-17-11-24(3)22(20(17)13-25)16-5-7-18(27-4)8-6-16;/h5-8,17,20,22H,9-13H2,1-4H3;1H/t17-,20+,22+;/m0./s1. The molecule has 2 fully saturated rings. The lowest BCUT2D eigenvalue weighted by molar-refractivity contribution is -0.130. The molecule has 0 bridgehead atoms. The van der Waals surface area contributed by atoms with Crippen molar-refractivity contribution in [3.8, 4) is 5.75 Å². The highest BCUT2D eigenvalue weighted by molar-refractivity contribution is 5.85. The van der Waals surface area contributed by atoms with Crippen LogP contribution in [0.15, 0.2) is 28.8 Å². The van der Waals surface area contributed by atoms with E-state index in [4.69, 9.17) is 9.26 Å². The first-order valence-electron chi connectivity index (χ1n) is 10.0. The summed E-state index contributed by atoms with van der Waals surface area (Å²) in [4.78, 5) is 17.3. The highest BCUT2D eigenvalue weighted by Crippen LogP contribution is 2.44. The lowest BCUT2D eigenvalue weighted by Crippen LogP contribution is -2.33. The SMILES string of the molecule is COc1ccc([C@@H]2[C@@H]3CN(C(=O)CCc4c(C)noc4C)C[C@@H]3CN2C)cc1.Cl. The van der Waals surface area contributed by atoms with E-state index in [-0.39, 0.29) is 18.3 Å². The fourth-order valence-electron chi connectivity index (χ4n) is 5.01. The van der Waals surface area contributed by atoms with Gasteiger partial charge >= 0.3 is 0 Å². The van der Waals surface area contributed by atoms with E-state index in [1.54, 1.807) is 7.11 Å². The zero-order valence-corrected chi connectivity index (χ0v) is 18.4. The van der Waals surface area contributed by atoms with Crippen molar-refractivity contribution in [3.63, 3.8) is 0 Å². The molecule has 2 saturated heterocycles. The number of amides is 1. The van der Waals surface area contributed by atoms with Crippen LogP contribution in [0.4, 0.5) is 0 Å². The third-order valence-electron chi connectivity index (χ3n) is 6.47. The third-order valence-corrected chi connectivity index (χ3v) is 6.47. The lowest BCUT2D eigenvalue weighted by atomic mass is 9.89. The molecule has 0 aliphatic carbocycles. The van der Waals surface area contributed by atoms with Gasteiger partial charge in [-0.25, -0.2) is 0 Å². The summed E-state index contributed by atoms with van der Waals surface area (Å²) in [5, 5.41) is 3.99. The molecule has 29 heavy (non-hydrogen) atoms. The van der Waals surface area contributed by atoms with E-state index < -0.39 is 0 Å². The van der Waals surface area contributed by atoms with Crippen molar-refractivity contribution in [2.45, 2.75) is 32.7 Å². The molecule has 3 heterocycles. The van der Waals surface area contributed by atoms with Crippen LogP contribution in [-0.4, -0.2) is 54.7 Å². The average Bonchev–Trinajstić information content (AvgIpc) is 3.33. The first-order valence-corrected chi connectivity index (χ1v) is 10.0. The van der Waals surface area contributed by atoms with Gasteiger partial charge < -0.3 is 14.2 Å². The maximum Gasteiger partial charge on any atom is 0.222 e. The summed E-state index contributed by atoms with van der Waals surface area (Å²) >= 11 is 0. The van der Waals surface area contributed by atoms with E-state index >= 15 is 0 Å². The predicted molar refractivity (Wildman–Crippen MR) is 113 cm³/mol. The van der Waals surface area contributed by atoms with E-state index in [1.165, 1.54) is 5.56 Å². The van der Waals surface area contributed by atoms with Crippen molar-refractivity contribution in [1.82, 2.24) is 15.0 Å². The molecule has 0 unspecified atom stereocenters. The van der Waals surface area contributed by atoms with Gasteiger partial charge in [0.25, 0.3) is 0 Å². The van der Waals surface area contributed by atoms with Crippen molar-refractivity contribution in [1.29, 1.82) is 0 Å². The lowest BCUT2D eigenvalue weighted by Gasteiger charge is -2.27. The highest BCUT2D eigenvalue weighted by Gasteiger charge is 2.47. The van der Waals surface area contributed by atoms with Crippen molar-refractivity contribution in [3.05, 3.63) is 46.8 Å². The van der Waals surface area contributed by atoms with Crippen LogP contribution in [0.2, 0.25) is 0 Å². The average molecular weight is 420 g/mol. The molecule has 7 heteroatoms. The molecule has 2 aliphatic rings. The Bertz CT molecular complexity index is 832. The second-order valence-corrected chi connectivity index (χ2v) is 8.18. The summed E-state index contributed by atoms with van der Waals surface area (Å²) in [5.41, 5.74) is 3.27. The molecule has 1 aromatic heterocycles. The number of hydrogen-bond acceptors (Lipinski definition) is 5. The zero-order chi connectivity index (χ0) is 19.8. The summed E-state index contributed by atoms with van der Waals surface area (Å²) in [5.74, 6) is 2.97. The molecule has 0 radical (unpaired) electrons. The van der Waals surface area contributed by atoms with Crippen molar-refractivity contribution < 1.29 is 14.1 Å². The summed E-state index contributed by atoms with van der Waals surface area (Å²) in [6.07, 6.45) is 1.22. The van der Waals surface area contributed by atoms with Gasteiger partial charge in [-0.2, -0.15) is 0 Å². The normalized spacial score (nSPS) is 23.7. The second-order valence-electron chi connectivity index (χ2n) is 8.18. The van der Waals surface area contributed by atoms with Crippen LogP contribution in [-0.2, 0) is 11.2 Å². The number of carbonyl (C=O) groups is 1. The molecular weight excluding hydrogens is 390 g/mol. The number of carbonyl (C=O) groups excluding carboxylic acids is 1. The van der Waals surface area contributed by atoms with Gasteiger partial charge in [0.15, 0.2) is 0 Å². The number of aryl methyl sites for hydroxylation is 2. The molecule has 2 aromatic rings. The Morgan fingerprint density at radius 3 is 2.55 bits per heavy atom. The molecule has 0 N–H and O–H groups in total. The van der Waals surface area contributed by atoms with Gasteiger partial charge in [-0.05, 0) is 50.9 Å². The van der Waals surface area contributed by atoms with Crippen LogP contribution in [0.5, 0.6) is 5.75 Å². The number of nitrogens with zero attached hydrogens (tertiary/aromatic N) is 3. The van der Waals surface area contributed by atoms with E-state index in [1.807, 2.05) is 26.0 Å². The van der Waals surface area contributed by atoms with Gasteiger partial charge in [-0.1, -0.05) is 17.3 Å². The van der Waals surface area contributed by atoms with Crippen molar-refractivity contribution in [2.75, 3.05) is 33.8 Å². The maximum atomic E-state index is 12.8. The molecular formula is C22H30ClN3O3. The maximum absolute atomic E-state index is 12.8. The molecule has 0 saturated carbocycles. The third kappa shape index (κ3) is 4.14. The fraction of sp³-hybridized carbons (Fsp3) is 0.545. The number of likely N-dealkylation sites (tertiary alicyclic amines) is 2. The minimum absolute atomic E-state index is 0. The predicted octanol–water partition coefficient (Wildman–Crippen LogP) is 3.42. The summed E-state index contributed by atoms with van der Waals surface area (Å²) in [7, 11) is 3.88. The summed E-state index contributed by atoms with van der Waals surface area (Å²) < 4.78 is 10.5. The van der Waals surface area contributed by atoms with Gasteiger partial charge in [0.05, 0.1) is 12.8 Å². The topological polar surface area (TPSA) is 58.8 Å². The molecule has 6 nitrogen and oxygen atoms in total. The Labute approximate surface area is 178 Å². The summed E-state index contributed by atoms with van der Waals surface area (Å²) in [6.45, 7) is 6.59. The molecule has 0 spiro atoms. The monoisotopic (exact) mass is 419 g/mol. The number of rotatable bonds is 5. The van der Waals surface area contributed by atoms with E-state index in [0.717, 1.165) is 42.4 Å². The van der Waals surface area contributed by atoms with Crippen molar-refractivity contribution in [2.24, 2.45) is 11.8 Å². The van der Waals surface area contributed by atoms with Gasteiger partial charge in [0, 0.05) is 43.6 Å². The Hall–Kier alpha value is -2.05. The smallest absolute Gasteiger partial charge is 0.222 e. The quantitative estimate of drug-likeness (QED) is 0.743. The molecule has 4 rings (SSSR count). The number of aromatic nitrogens is 1. The zero-order valence-electron chi connectivity index (χ0n) is 17.6. The highest BCUT2D eigenvalue weighted by atomic mass is 35.5. The number of halogens is 1. The molecule has 1 amide bonds. The van der Waals surface area contributed by atoms with Crippen LogP contribution < -0.4 is 4.74 Å². The Morgan fingerprint density at radius 1 is 1.21 bits per heavy atom. The number of fused-ring (bicyclic) bond motifs is 1. The minimum Gasteiger partial charge on any atom is -0.497 e. The van der Waals surface area contributed by atoms with Crippen LogP contribution in [0.25, 0.3) is 0 Å². The Balaban J connectivity index is 0.00000240.